The number of carbonyl (C=O) groups excluding carboxylic acids is 2. The minimum atomic E-state index is -0.822. The van der Waals surface area contributed by atoms with E-state index in [1.807, 2.05) is 48.7 Å². The van der Waals surface area contributed by atoms with Gasteiger partial charge in [0.25, 0.3) is 0 Å². The summed E-state index contributed by atoms with van der Waals surface area (Å²) in [6.45, 7) is 5.03. The molecule has 8 nitrogen and oxygen atoms in total. The van der Waals surface area contributed by atoms with Gasteiger partial charge >= 0.3 is 0 Å². The normalized spacial score (nSPS) is 13.4. The number of rotatable bonds is 12. The monoisotopic (exact) mass is 598 g/mol. The third-order valence-electron chi connectivity index (χ3n) is 7.53. The molecule has 0 saturated heterocycles. The second-order valence-corrected chi connectivity index (χ2v) is 11.1. The highest BCUT2D eigenvalue weighted by Gasteiger charge is 2.39. The second-order valence-electron chi connectivity index (χ2n) is 11.1. The smallest absolute Gasteiger partial charge is 0.241 e. The largest absolute Gasteiger partial charge is 0.356 e. The molecule has 0 spiro atoms. The molecule has 0 bridgehead atoms. The van der Waals surface area contributed by atoms with Gasteiger partial charge in [-0.15, -0.1) is 0 Å². The van der Waals surface area contributed by atoms with Crippen LogP contribution >= 0.6 is 0 Å². The highest BCUT2D eigenvalue weighted by Crippen LogP contribution is 2.39. The molecule has 3 N–H and O–H groups in total. The first-order valence-electron chi connectivity index (χ1n) is 14.7. The molecule has 4 aromatic rings. The van der Waals surface area contributed by atoms with Gasteiger partial charge in [0.1, 0.15) is 34.5 Å². The third kappa shape index (κ3) is 7.20. The lowest BCUT2D eigenvalue weighted by molar-refractivity contribution is -0.132. The molecule has 2 amide bonds. The first kappa shape index (κ1) is 30.6. The van der Waals surface area contributed by atoms with E-state index in [-0.39, 0.29) is 30.0 Å². The Hall–Kier alpha value is -4.83. The summed E-state index contributed by atoms with van der Waals surface area (Å²) in [6, 6.07) is 21.9. The van der Waals surface area contributed by atoms with E-state index in [0.29, 0.717) is 60.9 Å². The molecule has 0 radical (unpaired) electrons. The van der Waals surface area contributed by atoms with Crippen LogP contribution in [0.4, 0.5) is 20.3 Å². The zero-order chi connectivity index (χ0) is 31.1. The molecule has 0 saturated carbocycles. The predicted molar refractivity (Wildman–Crippen MR) is 168 cm³/mol. The maximum atomic E-state index is 13.7. The summed E-state index contributed by atoms with van der Waals surface area (Å²) in [7, 11) is 0. The highest BCUT2D eigenvalue weighted by atomic mass is 19.1. The molecule has 0 aliphatic carbocycles. The van der Waals surface area contributed by atoms with Crippen LogP contribution in [0.2, 0.25) is 0 Å². The number of imidazole rings is 1. The molecule has 228 valence electrons. The molecule has 44 heavy (non-hydrogen) atoms. The number of nitrogens with zero attached hydrogens (tertiary/aromatic N) is 3. The van der Waals surface area contributed by atoms with Gasteiger partial charge in [-0.2, -0.15) is 0 Å². The van der Waals surface area contributed by atoms with Crippen molar-refractivity contribution in [1.29, 1.82) is 0 Å². The fourth-order valence-corrected chi connectivity index (χ4v) is 5.14. The zero-order valence-electron chi connectivity index (χ0n) is 24.8. The fourth-order valence-electron chi connectivity index (χ4n) is 5.14. The van der Waals surface area contributed by atoms with E-state index in [1.54, 1.807) is 41.6 Å². The maximum absolute atomic E-state index is 13.7. The van der Waals surface area contributed by atoms with Crippen LogP contribution in [-0.2, 0) is 21.5 Å². The lowest BCUT2D eigenvalue weighted by Crippen LogP contribution is -2.48. The Morgan fingerprint density at radius 3 is 2.25 bits per heavy atom. The SMILES string of the molecule is CC1(C)c2nc(-c3ccc(F)cc3)c(Nc3ccc(F)cc3)n2C=CN1C(=O)CNCCCNC(=O)CCc1ccccc1. The van der Waals surface area contributed by atoms with Crippen LogP contribution < -0.4 is 16.0 Å². The van der Waals surface area contributed by atoms with Crippen molar-refractivity contribution in [2.75, 3.05) is 25.0 Å². The molecule has 0 atom stereocenters. The van der Waals surface area contributed by atoms with E-state index >= 15 is 0 Å². The quantitative estimate of drug-likeness (QED) is 0.179. The Balaban J connectivity index is 1.20. The minimum absolute atomic E-state index is 0.00827. The van der Waals surface area contributed by atoms with Crippen molar-refractivity contribution in [2.24, 2.45) is 0 Å². The Bertz CT molecular complexity index is 1620. The molecule has 3 aromatic carbocycles. The number of carbonyl (C=O) groups is 2. The number of fused-ring (bicyclic) bond motifs is 1. The Morgan fingerprint density at radius 1 is 0.864 bits per heavy atom. The van der Waals surface area contributed by atoms with Crippen molar-refractivity contribution >= 4 is 29.5 Å². The van der Waals surface area contributed by atoms with Crippen LogP contribution in [-0.4, -0.2) is 45.9 Å². The molecule has 1 aliphatic heterocycles. The minimum Gasteiger partial charge on any atom is -0.356 e. The van der Waals surface area contributed by atoms with Gasteiger partial charge in [-0.05, 0) is 87.3 Å². The Kier molecular flexibility index (Phi) is 9.50. The summed E-state index contributed by atoms with van der Waals surface area (Å²) >= 11 is 0. The number of hydrogen-bond donors (Lipinski definition) is 3. The second kappa shape index (κ2) is 13.6. The van der Waals surface area contributed by atoms with Crippen LogP contribution in [0.1, 0.15) is 38.1 Å². The van der Waals surface area contributed by atoms with Crippen molar-refractivity contribution in [2.45, 2.75) is 38.6 Å². The van der Waals surface area contributed by atoms with Gasteiger partial charge in [0.2, 0.25) is 11.8 Å². The number of aryl methyl sites for hydroxylation is 1. The average molecular weight is 599 g/mol. The van der Waals surface area contributed by atoms with Gasteiger partial charge in [-0.25, -0.2) is 13.8 Å². The van der Waals surface area contributed by atoms with Gasteiger partial charge in [0.15, 0.2) is 0 Å². The van der Waals surface area contributed by atoms with Crippen LogP contribution in [0, 0.1) is 11.6 Å². The van der Waals surface area contributed by atoms with Crippen LogP contribution in [0.25, 0.3) is 17.5 Å². The number of aromatic nitrogens is 2. The molecule has 2 heterocycles. The fraction of sp³-hybridized carbons (Fsp3) is 0.265. The number of halogens is 2. The summed E-state index contributed by atoms with van der Waals surface area (Å²) in [6.07, 6.45) is 5.30. The molecule has 10 heteroatoms. The molecular formula is C34H36F2N6O2. The van der Waals surface area contributed by atoms with Crippen molar-refractivity contribution in [1.82, 2.24) is 25.1 Å². The summed E-state index contributed by atoms with van der Waals surface area (Å²) in [5.41, 5.74) is 2.22. The van der Waals surface area contributed by atoms with Gasteiger partial charge in [0.05, 0.1) is 6.54 Å². The number of anilines is 2. The van der Waals surface area contributed by atoms with Gasteiger partial charge in [-0.3, -0.25) is 14.2 Å². The summed E-state index contributed by atoms with van der Waals surface area (Å²) in [5.74, 6) is 0.379. The number of amides is 2. The Morgan fingerprint density at radius 2 is 1.55 bits per heavy atom. The lowest BCUT2D eigenvalue weighted by atomic mass is 10.0. The van der Waals surface area contributed by atoms with E-state index in [2.05, 4.69) is 16.0 Å². The van der Waals surface area contributed by atoms with Crippen LogP contribution in [0.3, 0.4) is 0 Å². The first-order chi connectivity index (χ1) is 21.2. The highest BCUT2D eigenvalue weighted by molar-refractivity contribution is 5.83. The van der Waals surface area contributed by atoms with E-state index in [9.17, 15) is 18.4 Å². The number of benzene rings is 3. The predicted octanol–water partition coefficient (Wildman–Crippen LogP) is 5.81. The summed E-state index contributed by atoms with van der Waals surface area (Å²) in [4.78, 5) is 32.0. The molecule has 1 aromatic heterocycles. The van der Waals surface area contributed by atoms with Crippen LogP contribution in [0.5, 0.6) is 0 Å². The van der Waals surface area contributed by atoms with Crippen molar-refractivity contribution in [3.63, 3.8) is 0 Å². The molecule has 5 rings (SSSR count). The topological polar surface area (TPSA) is 91.3 Å². The van der Waals surface area contributed by atoms with Crippen molar-refractivity contribution in [3.05, 3.63) is 108 Å². The van der Waals surface area contributed by atoms with E-state index < -0.39 is 5.54 Å². The van der Waals surface area contributed by atoms with E-state index in [4.69, 9.17) is 4.98 Å². The standard InChI is InChI=1S/C34H36F2N6O2/c1-34(2)33-40-31(25-10-12-26(35)13-11-25)32(39-28-16-14-27(36)15-17-28)41(33)21-22-42(34)30(44)23-37-19-6-20-38-29(43)18-9-24-7-4-3-5-8-24/h3-5,7-8,10-17,21-22,37,39H,6,9,18-20,23H2,1-2H3,(H,38,43). The van der Waals surface area contributed by atoms with E-state index in [1.165, 1.54) is 24.3 Å². The number of nitrogens with one attached hydrogen (secondary N) is 3. The van der Waals surface area contributed by atoms with Crippen molar-refractivity contribution < 1.29 is 18.4 Å². The van der Waals surface area contributed by atoms with Gasteiger partial charge in [-0.1, -0.05) is 30.3 Å². The zero-order valence-corrected chi connectivity index (χ0v) is 24.8. The molecular weight excluding hydrogens is 562 g/mol. The third-order valence-corrected chi connectivity index (χ3v) is 7.53. The van der Waals surface area contributed by atoms with Crippen molar-refractivity contribution in [3.8, 4) is 11.3 Å². The van der Waals surface area contributed by atoms with E-state index in [0.717, 1.165) is 5.56 Å². The number of hydrogen-bond acceptors (Lipinski definition) is 5. The Labute approximate surface area is 255 Å². The lowest BCUT2D eigenvalue weighted by Gasteiger charge is -2.38. The molecule has 0 unspecified atom stereocenters. The summed E-state index contributed by atoms with van der Waals surface area (Å²) < 4.78 is 29.1. The van der Waals surface area contributed by atoms with Gasteiger partial charge < -0.3 is 20.9 Å². The average Bonchev–Trinajstić information content (AvgIpc) is 3.39. The molecule has 0 fully saturated rings. The van der Waals surface area contributed by atoms with Gasteiger partial charge in [0, 0.05) is 36.6 Å². The van der Waals surface area contributed by atoms with Crippen LogP contribution in [0.15, 0.2) is 85.1 Å². The maximum Gasteiger partial charge on any atom is 0.241 e. The summed E-state index contributed by atoms with van der Waals surface area (Å²) in [5, 5.41) is 9.43. The molecule has 1 aliphatic rings. The first-order valence-corrected chi connectivity index (χ1v) is 14.7.